The van der Waals surface area contributed by atoms with Gasteiger partial charge in [-0.1, -0.05) is 24.3 Å². The summed E-state index contributed by atoms with van der Waals surface area (Å²) in [6.45, 7) is 6.96. The summed E-state index contributed by atoms with van der Waals surface area (Å²) in [5.74, 6) is 0. The first kappa shape index (κ1) is 17.9. The molecule has 3 heterocycles. The molecule has 0 saturated carbocycles. The first-order valence-corrected chi connectivity index (χ1v) is 10.2. The lowest BCUT2D eigenvalue weighted by Gasteiger charge is -2.34. The largest absolute Gasteiger partial charge is 0.369 e. The second-order valence-corrected chi connectivity index (χ2v) is 7.78. The quantitative estimate of drug-likeness (QED) is 0.586. The van der Waals surface area contributed by atoms with Gasteiger partial charge in [-0.05, 0) is 43.3 Å². The van der Waals surface area contributed by atoms with Crippen LogP contribution in [0.1, 0.15) is 6.92 Å². The lowest BCUT2D eigenvalue weighted by Crippen LogP contribution is -2.44. The molecule has 0 spiro atoms. The molecule has 0 aliphatic carbocycles. The van der Waals surface area contributed by atoms with Gasteiger partial charge >= 0.3 is 0 Å². The number of anilines is 1. The first-order valence-electron chi connectivity index (χ1n) is 10.2. The van der Waals surface area contributed by atoms with Crippen molar-refractivity contribution in [2.45, 2.75) is 13.5 Å². The van der Waals surface area contributed by atoms with E-state index in [-0.39, 0.29) is 5.56 Å². The van der Waals surface area contributed by atoms with Crippen LogP contribution in [-0.2, 0) is 6.54 Å². The molecular formula is C23H25N5O. The van der Waals surface area contributed by atoms with Crippen molar-refractivity contribution in [2.75, 3.05) is 38.1 Å². The number of aromatic amines is 1. The van der Waals surface area contributed by atoms with Crippen LogP contribution in [0.15, 0.2) is 53.5 Å². The highest BCUT2D eigenvalue weighted by atomic mass is 16.1. The van der Waals surface area contributed by atoms with Crippen LogP contribution < -0.4 is 10.5 Å². The summed E-state index contributed by atoms with van der Waals surface area (Å²) < 4.78 is 1.83. The molecule has 4 aromatic rings. The van der Waals surface area contributed by atoms with Crippen molar-refractivity contribution in [3.8, 4) is 11.1 Å². The summed E-state index contributed by atoms with van der Waals surface area (Å²) in [4.78, 5) is 17.6. The van der Waals surface area contributed by atoms with Gasteiger partial charge in [0.25, 0.3) is 5.56 Å². The Morgan fingerprint density at radius 1 is 0.966 bits per heavy atom. The monoisotopic (exact) mass is 387 g/mol. The van der Waals surface area contributed by atoms with Gasteiger partial charge in [0, 0.05) is 43.8 Å². The number of H-pyrrole nitrogens is 1. The Morgan fingerprint density at radius 2 is 1.69 bits per heavy atom. The van der Waals surface area contributed by atoms with Gasteiger partial charge in [-0.25, -0.2) is 0 Å². The number of rotatable bonds is 3. The van der Waals surface area contributed by atoms with E-state index in [9.17, 15) is 4.79 Å². The van der Waals surface area contributed by atoms with Crippen LogP contribution in [0.4, 0.5) is 5.69 Å². The number of pyridine rings is 1. The molecule has 148 valence electrons. The van der Waals surface area contributed by atoms with Crippen molar-refractivity contribution >= 4 is 27.5 Å². The molecule has 5 rings (SSSR count). The third-order valence-electron chi connectivity index (χ3n) is 6.06. The molecule has 6 nitrogen and oxygen atoms in total. The fourth-order valence-corrected chi connectivity index (χ4v) is 4.30. The number of piperazine rings is 1. The number of aryl methyl sites for hydroxylation is 1. The predicted molar refractivity (Wildman–Crippen MR) is 119 cm³/mol. The highest BCUT2D eigenvalue weighted by Crippen LogP contribution is 2.29. The minimum Gasteiger partial charge on any atom is -0.369 e. The molecule has 0 radical (unpaired) electrons. The molecule has 0 unspecified atom stereocenters. The van der Waals surface area contributed by atoms with E-state index in [0.717, 1.165) is 53.7 Å². The summed E-state index contributed by atoms with van der Waals surface area (Å²) in [5.41, 5.74) is 5.30. The predicted octanol–water partition coefficient (Wildman–Crippen LogP) is 3.32. The van der Waals surface area contributed by atoms with Crippen LogP contribution in [0.25, 0.3) is 32.9 Å². The first-order chi connectivity index (χ1) is 14.2. The van der Waals surface area contributed by atoms with Gasteiger partial charge in [0.1, 0.15) is 0 Å². The van der Waals surface area contributed by atoms with E-state index in [1.807, 2.05) is 11.5 Å². The molecule has 1 aliphatic heterocycles. The molecule has 6 heteroatoms. The Hall–Kier alpha value is -3.12. The van der Waals surface area contributed by atoms with Crippen molar-refractivity contribution < 1.29 is 0 Å². The number of fused-ring (bicyclic) bond motifs is 3. The van der Waals surface area contributed by atoms with E-state index in [1.165, 1.54) is 5.69 Å². The topological polar surface area (TPSA) is 57.2 Å². The second-order valence-electron chi connectivity index (χ2n) is 7.78. The Bertz CT molecular complexity index is 1230. The molecule has 29 heavy (non-hydrogen) atoms. The molecule has 2 aromatic carbocycles. The normalized spacial score (nSPS) is 15.4. The average molecular weight is 387 g/mol. The number of nitrogens with zero attached hydrogens (tertiary/aromatic N) is 4. The molecule has 0 amide bonds. The maximum atomic E-state index is 12.8. The van der Waals surface area contributed by atoms with Crippen molar-refractivity contribution in [1.29, 1.82) is 0 Å². The number of hydrogen-bond donors (Lipinski definition) is 1. The number of nitrogens with one attached hydrogen (secondary N) is 1. The van der Waals surface area contributed by atoms with E-state index in [0.29, 0.717) is 11.9 Å². The fraction of sp³-hybridized carbons (Fsp3) is 0.304. The Balaban J connectivity index is 1.55. The minimum atomic E-state index is 0.00585. The van der Waals surface area contributed by atoms with Gasteiger partial charge in [0.2, 0.25) is 0 Å². The van der Waals surface area contributed by atoms with Crippen molar-refractivity contribution in [3.05, 3.63) is 59.0 Å². The summed E-state index contributed by atoms with van der Waals surface area (Å²) in [6, 6.07) is 15.1. The zero-order chi connectivity index (χ0) is 20.0. The molecule has 1 N–H and O–H groups in total. The van der Waals surface area contributed by atoms with Crippen LogP contribution in [-0.4, -0.2) is 52.9 Å². The lowest BCUT2D eigenvalue weighted by molar-refractivity contribution is 0.313. The smallest absolute Gasteiger partial charge is 0.262 e. The van der Waals surface area contributed by atoms with E-state index in [4.69, 9.17) is 0 Å². The van der Waals surface area contributed by atoms with Crippen LogP contribution in [0.2, 0.25) is 0 Å². The van der Waals surface area contributed by atoms with Gasteiger partial charge in [0.05, 0.1) is 22.6 Å². The third-order valence-corrected chi connectivity index (χ3v) is 6.06. The third kappa shape index (κ3) is 3.00. The van der Waals surface area contributed by atoms with Gasteiger partial charge < -0.3 is 14.4 Å². The number of hydrogen-bond acceptors (Lipinski definition) is 4. The molecular weight excluding hydrogens is 362 g/mol. The van der Waals surface area contributed by atoms with Gasteiger partial charge in [0.15, 0.2) is 0 Å². The summed E-state index contributed by atoms with van der Waals surface area (Å²) in [7, 11) is 2.17. The molecule has 0 atom stereocenters. The van der Waals surface area contributed by atoms with E-state index < -0.39 is 0 Å². The molecule has 0 bridgehead atoms. The standard InChI is InChI=1S/C23H25N5O/c1-3-28-21-14-17(6-9-19(21)22-20(23(28)29)15-24-25-22)16-4-7-18(8-5-16)27-12-10-26(2)11-13-27/h4-9,14-15H,3,10-13H2,1-2H3,(H,24,25). The zero-order valence-electron chi connectivity index (χ0n) is 16.9. The van der Waals surface area contributed by atoms with Crippen molar-refractivity contribution in [3.63, 3.8) is 0 Å². The summed E-state index contributed by atoms with van der Waals surface area (Å²) in [6.07, 6.45) is 1.62. The van der Waals surface area contributed by atoms with Crippen LogP contribution in [0.5, 0.6) is 0 Å². The SMILES string of the molecule is CCn1c(=O)c2cn[nH]c2c2ccc(-c3ccc(N4CCN(C)CC4)cc3)cc21. The van der Waals surface area contributed by atoms with Crippen molar-refractivity contribution in [1.82, 2.24) is 19.7 Å². The van der Waals surface area contributed by atoms with Gasteiger partial charge in [-0.15, -0.1) is 0 Å². The van der Waals surface area contributed by atoms with E-state index in [2.05, 4.69) is 69.5 Å². The van der Waals surface area contributed by atoms with Gasteiger partial charge in [-0.3, -0.25) is 9.89 Å². The molecule has 1 fully saturated rings. The van der Waals surface area contributed by atoms with E-state index >= 15 is 0 Å². The van der Waals surface area contributed by atoms with Crippen LogP contribution in [0, 0.1) is 0 Å². The molecule has 1 aliphatic rings. The highest BCUT2D eigenvalue weighted by Gasteiger charge is 2.15. The second kappa shape index (κ2) is 7.04. The maximum Gasteiger partial charge on any atom is 0.262 e. The molecule has 2 aromatic heterocycles. The Labute approximate surface area is 169 Å². The van der Waals surface area contributed by atoms with Crippen LogP contribution >= 0.6 is 0 Å². The molecule has 1 saturated heterocycles. The highest BCUT2D eigenvalue weighted by molar-refractivity contribution is 6.04. The Morgan fingerprint density at radius 3 is 2.41 bits per heavy atom. The number of likely N-dealkylation sites (N-methyl/N-ethyl adjacent to an activating group) is 1. The summed E-state index contributed by atoms with van der Waals surface area (Å²) >= 11 is 0. The average Bonchev–Trinajstić information content (AvgIpc) is 3.25. The van der Waals surface area contributed by atoms with Crippen molar-refractivity contribution in [2.24, 2.45) is 0 Å². The minimum absolute atomic E-state index is 0.00585. The van der Waals surface area contributed by atoms with E-state index in [1.54, 1.807) is 6.20 Å². The number of aromatic nitrogens is 3. The fourth-order valence-electron chi connectivity index (χ4n) is 4.30. The maximum absolute atomic E-state index is 12.8. The lowest BCUT2D eigenvalue weighted by atomic mass is 10.0. The zero-order valence-corrected chi connectivity index (χ0v) is 16.9. The van der Waals surface area contributed by atoms with Crippen LogP contribution in [0.3, 0.4) is 0 Å². The summed E-state index contributed by atoms with van der Waals surface area (Å²) in [5, 5.41) is 8.74. The Kier molecular flexibility index (Phi) is 4.36. The number of benzene rings is 2. The van der Waals surface area contributed by atoms with Gasteiger partial charge in [-0.2, -0.15) is 5.10 Å².